The predicted molar refractivity (Wildman–Crippen MR) is 58.0 cm³/mol. The fourth-order valence-electron chi connectivity index (χ4n) is 4.89. The van der Waals surface area contributed by atoms with Gasteiger partial charge in [-0.25, -0.2) is 0 Å². The largest absolute Gasteiger partial charge is 0.0736 e. The van der Waals surface area contributed by atoms with Crippen LogP contribution < -0.4 is 0 Å². The molecule has 0 heterocycles. The van der Waals surface area contributed by atoms with Crippen molar-refractivity contribution < 1.29 is 0 Å². The summed E-state index contributed by atoms with van der Waals surface area (Å²) in [4.78, 5) is 0. The summed E-state index contributed by atoms with van der Waals surface area (Å²) in [6.45, 7) is 0. The molecule has 4 aliphatic carbocycles. The lowest BCUT2D eigenvalue weighted by molar-refractivity contribution is 0.188. The van der Waals surface area contributed by atoms with Crippen LogP contribution in [-0.2, 0) is 0 Å². The number of hydrogen-bond acceptors (Lipinski definition) is 0. The van der Waals surface area contributed by atoms with Gasteiger partial charge in [0.15, 0.2) is 0 Å². The second-order valence-corrected chi connectivity index (χ2v) is 6.15. The van der Waals surface area contributed by atoms with Crippen LogP contribution in [0.4, 0.5) is 0 Å². The molecule has 0 amide bonds. The van der Waals surface area contributed by atoms with Crippen LogP contribution in [0.15, 0.2) is 11.6 Å². The maximum Gasteiger partial charge on any atom is 0.0153 e. The van der Waals surface area contributed by atoms with E-state index in [1.807, 2.05) is 5.57 Å². The van der Waals surface area contributed by atoms with E-state index in [1.165, 1.54) is 38.5 Å². The number of hydrogen-bond donors (Lipinski definition) is 0. The average Bonchev–Trinajstić information content (AvgIpc) is 3.11. The zero-order valence-electron chi connectivity index (χ0n) is 9.02. The van der Waals surface area contributed by atoms with Gasteiger partial charge in [0.05, 0.1) is 0 Å². The van der Waals surface area contributed by atoms with Crippen molar-refractivity contribution in [2.24, 2.45) is 16.7 Å². The van der Waals surface area contributed by atoms with Crippen LogP contribution in [0.3, 0.4) is 0 Å². The molecule has 4 aliphatic rings. The summed E-state index contributed by atoms with van der Waals surface area (Å²) in [5.41, 5.74) is 3.44. The van der Waals surface area contributed by atoms with Crippen molar-refractivity contribution in [2.45, 2.75) is 57.8 Å². The molecular weight excluding hydrogens is 168 g/mol. The molecule has 14 heavy (non-hydrogen) atoms. The van der Waals surface area contributed by atoms with Gasteiger partial charge in [0.1, 0.15) is 0 Å². The van der Waals surface area contributed by atoms with E-state index in [-0.39, 0.29) is 0 Å². The van der Waals surface area contributed by atoms with Gasteiger partial charge in [0.2, 0.25) is 0 Å². The topological polar surface area (TPSA) is 0 Å². The predicted octanol–water partition coefficient (Wildman–Crippen LogP) is 4.07. The van der Waals surface area contributed by atoms with Crippen molar-refractivity contribution in [3.05, 3.63) is 11.6 Å². The fraction of sp³-hybridized carbons (Fsp3) is 0.857. The third-order valence-corrected chi connectivity index (χ3v) is 5.72. The molecule has 0 aromatic heterocycles. The van der Waals surface area contributed by atoms with Gasteiger partial charge in [-0.1, -0.05) is 30.9 Å². The normalized spacial score (nSPS) is 54.3. The Balaban J connectivity index is 1.64. The van der Waals surface area contributed by atoms with E-state index >= 15 is 0 Å². The van der Waals surface area contributed by atoms with Crippen molar-refractivity contribution >= 4 is 0 Å². The first-order valence-corrected chi connectivity index (χ1v) is 6.60. The van der Waals surface area contributed by atoms with Crippen molar-refractivity contribution in [3.63, 3.8) is 0 Å². The lowest BCUT2D eigenvalue weighted by Crippen LogP contribution is -2.27. The molecule has 3 atom stereocenters. The number of fused-ring (bicyclic) bond motifs is 3. The van der Waals surface area contributed by atoms with E-state index in [2.05, 4.69) is 6.08 Å². The molecule has 0 aromatic carbocycles. The molecule has 4 rings (SSSR count). The molecule has 0 heteroatoms. The highest BCUT2D eigenvalue weighted by Gasteiger charge is 2.70. The summed E-state index contributed by atoms with van der Waals surface area (Å²) < 4.78 is 0. The Morgan fingerprint density at radius 2 is 2.00 bits per heavy atom. The van der Waals surface area contributed by atoms with Crippen molar-refractivity contribution in [3.8, 4) is 0 Å². The van der Waals surface area contributed by atoms with Crippen LogP contribution in [0.5, 0.6) is 0 Å². The van der Waals surface area contributed by atoms with E-state index < -0.39 is 0 Å². The third-order valence-electron chi connectivity index (χ3n) is 5.72. The van der Waals surface area contributed by atoms with Crippen molar-refractivity contribution in [1.29, 1.82) is 0 Å². The molecule has 76 valence electrons. The van der Waals surface area contributed by atoms with E-state index in [1.54, 1.807) is 19.3 Å². The minimum atomic E-state index is 0.719. The molecule has 0 spiro atoms. The molecule has 3 fully saturated rings. The van der Waals surface area contributed by atoms with Gasteiger partial charge in [0, 0.05) is 5.41 Å². The van der Waals surface area contributed by atoms with Gasteiger partial charge in [0.25, 0.3) is 0 Å². The monoisotopic (exact) mass is 188 g/mol. The zero-order valence-corrected chi connectivity index (χ0v) is 9.02. The van der Waals surface area contributed by atoms with Gasteiger partial charge in [-0.2, -0.15) is 0 Å². The van der Waals surface area contributed by atoms with Crippen LogP contribution >= 0.6 is 0 Å². The molecule has 0 saturated heterocycles. The SMILES string of the molecule is C1=C2CCCC[C@@]12[C@@]12CCCC[C@@H]1C2. The van der Waals surface area contributed by atoms with E-state index in [4.69, 9.17) is 0 Å². The third kappa shape index (κ3) is 0.741. The first-order chi connectivity index (χ1) is 6.87. The second kappa shape index (κ2) is 2.28. The summed E-state index contributed by atoms with van der Waals surface area (Å²) in [5, 5.41) is 0. The Morgan fingerprint density at radius 3 is 2.86 bits per heavy atom. The average molecular weight is 188 g/mol. The number of allylic oxidation sites excluding steroid dienone is 2. The van der Waals surface area contributed by atoms with E-state index in [9.17, 15) is 0 Å². The van der Waals surface area contributed by atoms with Gasteiger partial charge >= 0.3 is 0 Å². The van der Waals surface area contributed by atoms with E-state index in [0.29, 0.717) is 0 Å². The standard InChI is InChI=1S/C14H20/c1-3-7-13(9-11(13)5-1)14-8-4-2-6-12(14)10-14/h9,12H,1-8,10H2/t12-,13-,14-/m1/s1. The molecule has 0 radical (unpaired) electrons. The summed E-state index contributed by atoms with van der Waals surface area (Å²) in [7, 11) is 0. The molecular formula is C14H20. The Kier molecular flexibility index (Phi) is 1.30. The van der Waals surface area contributed by atoms with Crippen molar-refractivity contribution in [2.75, 3.05) is 0 Å². The first kappa shape index (κ1) is 7.96. The van der Waals surface area contributed by atoms with Crippen LogP contribution in [0.2, 0.25) is 0 Å². The molecule has 0 aromatic rings. The Bertz CT molecular complexity index is 310. The minimum Gasteiger partial charge on any atom is -0.0736 e. The Morgan fingerprint density at radius 1 is 1.07 bits per heavy atom. The van der Waals surface area contributed by atoms with Crippen LogP contribution in [0.25, 0.3) is 0 Å². The van der Waals surface area contributed by atoms with Crippen molar-refractivity contribution in [1.82, 2.24) is 0 Å². The van der Waals surface area contributed by atoms with Gasteiger partial charge in [-0.15, -0.1) is 0 Å². The maximum absolute atomic E-state index is 2.69. The maximum atomic E-state index is 2.69. The molecule has 0 N–H and O–H groups in total. The highest BCUT2D eigenvalue weighted by atomic mass is 14.7. The molecule has 0 unspecified atom stereocenters. The molecule has 0 aliphatic heterocycles. The second-order valence-electron chi connectivity index (χ2n) is 6.15. The Labute approximate surface area is 86.8 Å². The van der Waals surface area contributed by atoms with E-state index in [0.717, 1.165) is 16.7 Å². The summed E-state index contributed by atoms with van der Waals surface area (Å²) in [5.74, 6) is 1.14. The number of rotatable bonds is 1. The molecule has 0 bridgehead atoms. The highest BCUT2D eigenvalue weighted by Crippen LogP contribution is 2.79. The minimum absolute atomic E-state index is 0.719. The highest BCUT2D eigenvalue weighted by molar-refractivity contribution is 5.47. The molecule has 3 saturated carbocycles. The van der Waals surface area contributed by atoms with Gasteiger partial charge < -0.3 is 0 Å². The van der Waals surface area contributed by atoms with Crippen LogP contribution in [-0.4, -0.2) is 0 Å². The lowest BCUT2D eigenvalue weighted by Gasteiger charge is -2.36. The quantitative estimate of drug-likeness (QED) is 0.544. The summed E-state index contributed by atoms with van der Waals surface area (Å²) >= 11 is 0. The van der Waals surface area contributed by atoms with Gasteiger partial charge in [-0.05, 0) is 49.9 Å². The fourth-order valence-corrected chi connectivity index (χ4v) is 4.89. The molecule has 0 nitrogen and oxygen atoms in total. The lowest BCUT2D eigenvalue weighted by atomic mass is 9.68. The Hall–Kier alpha value is -0.260. The first-order valence-electron chi connectivity index (χ1n) is 6.60. The van der Waals surface area contributed by atoms with Crippen LogP contribution in [0.1, 0.15) is 57.8 Å². The van der Waals surface area contributed by atoms with Gasteiger partial charge in [-0.3, -0.25) is 0 Å². The smallest absolute Gasteiger partial charge is 0.0153 e. The van der Waals surface area contributed by atoms with Crippen LogP contribution in [0, 0.1) is 16.7 Å². The summed E-state index contributed by atoms with van der Waals surface area (Å²) in [6.07, 6.45) is 16.4. The zero-order chi connectivity index (χ0) is 9.23. The summed E-state index contributed by atoms with van der Waals surface area (Å²) in [6, 6.07) is 0.